The van der Waals surface area contributed by atoms with Crippen LogP contribution >= 0.6 is 0 Å². The molecule has 0 spiro atoms. The van der Waals surface area contributed by atoms with Crippen molar-refractivity contribution in [2.24, 2.45) is 0 Å². The van der Waals surface area contributed by atoms with E-state index in [1.807, 2.05) is 49.3 Å². The molecule has 0 saturated heterocycles. The molecule has 0 bridgehead atoms. The van der Waals surface area contributed by atoms with E-state index in [1.54, 1.807) is 33.7 Å². The number of fused-ring (bicyclic) bond motifs is 1. The van der Waals surface area contributed by atoms with E-state index >= 15 is 0 Å². The average Bonchev–Trinajstić information content (AvgIpc) is 3.53. The summed E-state index contributed by atoms with van der Waals surface area (Å²) in [6.07, 6.45) is 2.11. The van der Waals surface area contributed by atoms with Gasteiger partial charge in [0, 0.05) is 31.7 Å². The highest BCUT2D eigenvalue weighted by Crippen LogP contribution is 2.25. The topological polar surface area (TPSA) is 94.9 Å². The summed E-state index contributed by atoms with van der Waals surface area (Å²) in [6.45, 7) is 1.48. The van der Waals surface area contributed by atoms with Crippen molar-refractivity contribution in [3.05, 3.63) is 83.1 Å². The summed E-state index contributed by atoms with van der Waals surface area (Å²) in [4.78, 5) is 24.0. The van der Waals surface area contributed by atoms with E-state index in [9.17, 15) is 18.0 Å². The molecular formula is C26H26F3N7O2. The average molecular weight is 526 g/mol. The number of nitrogens with zero attached hydrogens (tertiary/aromatic N) is 7. The van der Waals surface area contributed by atoms with Crippen LogP contribution in [0.5, 0.6) is 0 Å². The molecule has 0 saturated carbocycles. The lowest BCUT2D eigenvalue weighted by atomic mass is 10.1. The Morgan fingerprint density at radius 1 is 0.921 bits per heavy atom. The molecule has 0 N–H and O–H groups in total. The number of pyridine rings is 2. The SMILES string of the molecule is CF.CN(C)CCn1c(=O)n(Cc2ccc(-c3nnc(C(F)F)o3)cn2)c2ccc(-c3ccncc3)cc21. The highest BCUT2D eigenvalue weighted by molar-refractivity contribution is 5.82. The molecule has 0 aliphatic rings. The first-order chi connectivity index (χ1) is 18.4. The van der Waals surface area contributed by atoms with Gasteiger partial charge in [0.05, 0.1) is 36.0 Å². The molecule has 0 fully saturated rings. The highest BCUT2D eigenvalue weighted by atomic mass is 19.3. The largest absolute Gasteiger partial charge is 0.415 e. The van der Waals surface area contributed by atoms with Crippen LogP contribution in [0.2, 0.25) is 0 Å². The number of likely N-dealkylation sites (N-methyl/N-ethyl adjacent to an activating group) is 1. The molecule has 0 aliphatic carbocycles. The van der Waals surface area contributed by atoms with Gasteiger partial charge < -0.3 is 9.32 Å². The first-order valence-corrected chi connectivity index (χ1v) is 11.6. The molecule has 0 unspecified atom stereocenters. The van der Waals surface area contributed by atoms with Gasteiger partial charge in [0.2, 0.25) is 5.89 Å². The number of halogens is 3. The Hall–Kier alpha value is -4.32. The summed E-state index contributed by atoms with van der Waals surface area (Å²) < 4.78 is 43.4. The van der Waals surface area contributed by atoms with E-state index in [1.165, 1.54) is 6.20 Å². The zero-order chi connectivity index (χ0) is 27.2. The van der Waals surface area contributed by atoms with E-state index in [4.69, 9.17) is 4.42 Å². The Bertz CT molecular complexity index is 1550. The van der Waals surface area contributed by atoms with Gasteiger partial charge in [-0.3, -0.25) is 23.5 Å². The Kier molecular flexibility index (Phi) is 8.31. The second-order valence-corrected chi connectivity index (χ2v) is 8.55. The molecule has 5 aromatic rings. The van der Waals surface area contributed by atoms with Gasteiger partial charge in [-0.1, -0.05) is 6.07 Å². The van der Waals surface area contributed by atoms with Crippen molar-refractivity contribution >= 4 is 11.0 Å². The van der Waals surface area contributed by atoms with Crippen LogP contribution in [0.3, 0.4) is 0 Å². The summed E-state index contributed by atoms with van der Waals surface area (Å²) in [5, 5.41) is 6.98. The highest BCUT2D eigenvalue weighted by Gasteiger charge is 2.18. The fourth-order valence-electron chi connectivity index (χ4n) is 3.96. The number of imidazole rings is 1. The Morgan fingerprint density at radius 3 is 2.29 bits per heavy atom. The lowest BCUT2D eigenvalue weighted by molar-refractivity contribution is 0.116. The molecule has 4 aromatic heterocycles. The molecule has 0 atom stereocenters. The monoisotopic (exact) mass is 525 g/mol. The third-order valence-electron chi connectivity index (χ3n) is 5.82. The van der Waals surface area contributed by atoms with Crippen molar-refractivity contribution in [3.8, 4) is 22.6 Å². The summed E-state index contributed by atoms with van der Waals surface area (Å²) >= 11 is 0. The number of rotatable bonds is 8. The number of benzene rings is 1. The molecule has 0 amide bonds. The molecule has 0 aliphatic heterocycles. The second-order valence-electron chi connectivity index (χ2n) is 8.55. The van der Waals surface area contributed by atoms with Crippen molar-refractivity contribution in [3.63, 3.8) is 0 Å². The van der Waals surface area contributed by atoms with E-state index in [0.29, 0.717) is 31.5 Å². The quantitative estimate of drug-likeness (QED) is 0.296. The molecule has 0 radical (unpaired) electrons. The van der Waals surface area contributed by atoms with Crippen LogP contribution in [0.4, 0.5) is 13.2 Å². The molecular weight excluding hydrogens is 499 g/mol. The Morgan fingerprint density at radius 2 is 1.66 bits per heavy atom. The van der Waals surface area contributed by atoms with Crippen LogP contribution in [0.1, 0.15) is 18.0 Å². The summed E-state index contributed by atoms with van der Waals surface area (Å²) in [7, 11) is 4.43. The van der Waals surface area contributed by atoms with Crippen LogP contribution in [0, 0.1) is 0 Å². The van der Waals surface area contributed by atoms with Crippen molar-refractivity contribution in [2.75, 3.05) is 27.8 Å². The van der Waals surface area contributed by atoms with Crippen LogP contribution in [-0.4, -0.2) is 62.0 Å². The minimum absolute atomic E-state index is 0.0366. The summed E-state index contributed by atoms with van der Waals surface area (Å²) in [5.74, 6) is -0.775. The number of alkyl halides is 3. The fourth-order valence-corrected chi connectivity index (χ4v) is 3.96. The number of hydrogen-bond donors (Lipinski definition) is 0. The fraction of sp³-hybridized carbons (Fsp3) is 0.269. The zero-order valence-electron chi connectivity index (χ0n) is 21.1. The maximum Gasteiger partial charge on any atom is 0.329 e. The molecule has 12 heteroatoms. The van der Waals surface area contributed by atoms with Gasteiger partial charge >= 0.3 is 12.1 Å². The van der Waals surface area contributed by atoms with E-state index in [2.05, 4.69) is 20.2 Å². The normalized spacial score (nSPS) is 11.3. The van der Waals surface area contributed by atoms with E-state index in [0.717, 1.165) is 22.2 Å². The van der Waals surface area contributed by atoms with Gasteiger partial charge in [-0.05, 0) is 61.6 Å². The third-order valence-corrected chi connectivity index (χ3v) is 5.82. The Labute approximate surface area is 216 Å². The molecule has 198 valence electrons. The van der Waals surface area contributed by atoms with Gasteiger partial charge in [-0.2, -0.15) is 8.78 Å². The molecule has 1 aromatic carbocycles. The number of hydrogen-bond acceptors (Lipinski definition) is 7. The molecule has 9 nitrogen and oxygen atoms in total. The van der Waals surface area contributed by atoms with Gasteiger partial charge in [0.1, 0.15) is 0 Å². The zero-order valence-corrected chi connectivity index (χ0v) is 21.1. The summed E-state index contributed by atoms with van der Waals surface area (Å²) in [5.41, 5.74) is 4.53. The van der Waals surface area contributed by atoms with Crippen LogP contribution < -0.4 is 5.69 Å². The second kappa shape index (κ2) is 11.8. The number of aromatic nitrogens is 6. The smallest absolute Gasteiger partial charge is 0.329 e. The minimum atomic E-state index is -2.84. The molecule has 38 heavy (non-hydrogen) atoms. The summed E-state index contributed by atoms with van der Waals surface area (Å²) in [6, 6.07) is 13.2. The van der Waals surface area contributed by atoms with E-state index < -0.39 is 12.3 Å². The third kappa shape index (κ3) is 5.65. The standard InChI is InChI=1S/C25H23F2N7O2.CH3F/c1-32(2)11-12-33-21-13-17(16-7-9-28-10-8-16)4-6-20(21)34(25(33)35)15-19-5-3-18(14-29-19)23-30-31-24(36-23)22(26)27;1-2/h3-10,13-14,22H,11-12,15H2,1-2H3;1H3. The lowest BCUT2D eigenvalue weighted by Gasteiger charge is -2.10. The van der Waals surface area contributed by atoms with E-state index in [-0.39, 0.29) is 18.1 Å². The Balaban J connectivity index is 0.00000164. The van der Waals surface area contributed by atoms with Crippen LogP contribution in [0.15, 0.2) is 70.3 Å². The van der Waals surface area contributed by atoms with Crippen molar-refractivity contribution in [1.29, 1.82) is 0 Å². The van der Waals surface area contributed by atoms with Gasteiger partial charge in [0.25, 0.3) is 5.89 Å². The van der Waals surface area contributed by atoms with Crippen molar-refractivity contribution in [2.45, 2.75) is 19.5 Å². The minimum Gasteiger partial charge on any atom is -0.415 e. The van der Waals surface area contributed by atoms with Gasteiger partial charge in [0.15, 0.2) is 0 Å². The van der Waals surface area contributed by atoms with Crippen molar-refractivity contribution in [1.82, 2.24) is 34.2 Å². The maximum absolute atomic E-state index is 13.5. The van der Waals surface area contributed by atoms with Gasteiger partial charge in [-0.25, -0.2) is 4.79 Å². The van der Waals surface area contributed by atoms with Crippen LogP contribution in [-0.2, 0) is 13.1 Å². The predicted octanol–water partition coefficient (Wildman–Crippen LogP) is 4.44. The van der Waals surface area contributed by atoms with Crippen molar-refractivity contribution < 1.29 is 17.6 Å². The predicted molar refractivity (Wildman–Crippen MR) is 137 cm³/mol. The van der Waals surface area contributed by atoms with Gasteiger partial charge in [-0.15, -0.1) is 10.2 Å². The first-order valence-electron chi connectivity index (χ1n) is 11.6. The van der Waals surface area contributed by atoms with Crippen LogP contribution in [0.25, 0.3) is 33.6 Å². The maximum atomic E-state index is 13.5. The molecule has 5 rings (SSSR count). The first kappa shape index (κ1) is 26.7. The lowest BCUT2D eigenvalue weighted by Crippen LogP contribution is -2.28. The molecule has 4 heterocycles.